The number of anilines is 2. The van der Waals surface area contributed by atoms with Crippen molar-refractivity contribution in [3.05, 3.63) is 48.3 Å². The molecule has 26 heavy (non-hydrogen) atoms. The summed E-state index contributed by atoms with van der Waals surface area (Å²) < 4.78 is 10.8. The molecule has 0 saturated heterocycles. The van der Waals surface area contributed by atoms with Gasteiger partial charge in [-0.05, 0) is 57.5 Å². The van der Waals surface area contributed by atoms with Crippen LogP contribution in [-0.2, 0) is 9.53 Å². The maximum atomic E-state index is 11.9. The monoisotopic (exact) mass is 357 g/mol. The van der Waals surface area contributed by atoms with E-state index in [9.17, 15) is 9.59 Å². The topological polar surface area (TPSA) is 89.5 Å². The third kappa shape index (κ3) is 6.80. The van der Waals surface area contributed by atoms with E-state index >= 15 is 0 Å². The molecule has 2 aromatic rings. The van der Waals surface area contributed by atoms with Crippen molar-refractivity contribution in [3.8, 4) is 5.75 Å². The number of carbonyl (C=O) groups excluding carboxylic acids is 2. The molecule has 138 valence electrons. The quantitative estimate of drug-likeness (QED) is 0.850. The van der Waals surface area contributed by atoms with Crippen molar-refractivity contribution in [1.29, 1.82) is 0 Å². The van der Waals surface area contributed by atoms with Crippen LogP contribution in [0.1, 0.15) is 26.3 Å². The lowest BCUT2D eigenvalue weighted by molar-refractivity contribution is -0.118. The van der Waals surface area contributed by atoms with Crippen LogP contribution in [0.3, 0.4) is 0 Å². The number of benzene rings is 1. The number of rotatable bonds is 5. The first-order valence-electron chi connectivity index (χ1n) is 8.16. The zero-order chi connectivity index (χ0) is 19.2. The highest BCUT2D eigenvalue weighted by Crippen LogP contribution is 2.21. The Bertz CT molecular complexity index is 770. The first kappa shape index (κ1) is 19.2. The Labute approximate surface area is 152 Å². The molecule has 0 aliphatic carbocycles. The molecule has 0 aliphatic heterocycles. The minimum atomic E-state index is -0.585. The SMILES string of the molecule is Cc1cc(NC(=O)OC(C)(C)C)cc(OCC(=O)Nc2ccncc2)c1. The van der Waals surface area contributed by atoms with Gasteiger partial charge in [-0.25, -0.2) is 4.79 Å². The van der Waals surface area contributed by atoms with Crippen LogP contribution in [0.2, 0.25) is 0 Å². The maximum Gasteiger partial charge on any atom is 0.412 e. The largest absolute Gasteiger partial charge is 0.484 e. The van der Waals surface area contributed by atoms with Crippen molar-refractivity contribution in [1.82, 2.24) is 4.98 Å². The van der Waals surface area contributed by atoms with Crippen molar-refractivity contribution in [2.45, 2.75) is 33.3 Å². The van der Waals surface area contributed by atoms with Gasteiger partial charge in [-0.3, -0.25) is 15.1 Å². The molecule has 0 radical (unpaired) electrons. The van der Waals surface area contributed by atoms with Gasteiger partial charge in [0.2, 0.25) is 0 Å². The minimum absolute atomic E-state index is 0.155. The van der Waals surface area contributed by atoms with E-state index in [4.69, 9.17) is 9.47 Å². The summed E-state index contributed by atoms with van der Waals surface area (Å²) in [4.78, 5) is 27.7. The zero-order valence-corrected chi connectivity index (χ0v) is 15.3. The van der Waals surface area contributed by atoms with E-state index in [0.29, 0.717) is 17.1 Å². The van der Waals surface area contributed by atoms with Gasteiger partial charge in [-0.15, -0.1) is 0 Å². The molecule has 0 unspecified atom stereocenters. The Hall–Kier alpha value is -3.09. The molecule has 7 heteroatoms. The highest BCUT2D eigenvalue weighted by molar-refractivity contribution is 5.91. The van der Waals surface area contributed by atoms with Crippen LogP contribution in [-0.4, -0.2) is 29.2 Å². The summed E-state index contributed by atoms with van der Waals surface area (Å²) in [6.07, 6.45) is 2.63. The predicted molar refractivity (Wildman–Crippen MR) is 99.4 cm³/mol. The van der Waals surface area contributed by atoms with Gasteiger partial charge in [0.15, 0.2) is 6.61 Å². The molecule has 1 heterocycles. The lowest BCUT2D eigenvalue weighted by Gasteiger charge is -2.20. The molecule has 0 aliphatic rings. The number of aryl methyl sites for hydroxylation is 1. The van der Waals surface area contributed by atoms with Crippen molar-refractivity contribution in [2.75, 3.05) is 17.2 Å². The summed E-state index contributed by atoms with van der Waals surface area (Å²) >= 11 is 0. The number of nitrogens with zero attached hydrogens (tertiary/aromatic N) is 1. The molecule has 0 saturated carbocycles. The van der Waals surface area contributed by atoms with Crippen LogP contribution in [0.15, 0.2) is 42.7 Å². The van der Waals surface area contributed by atoms with Gasteiger partial charge in [0.1, 0.15) is 11.4 Å². The average molecular weight is 357 g/mol. The zero-order valence-electron chi connectivity index (χ0n) is 15.3. The van der Waals surface area contributed by atoms with Gasteiger partial charge >= 0.3 is 6.09 Å². The third-order valence-electron chi connectivity index (χ3n) is 3.03. The summed E-state index contributed by atoms with van der Waals surface area (Å²) in [5, 5.41) is 5.36. The number of hydrogen-bond acceptors (Lipinski definition) is 5. The van der Waals surface area contributed by atoms with E-state index < -0.39 is 11.7 Å². The molecule has 0 fully saturated rings. The fourth-order valence-corrected chi connectivity index (χ4v) is 2.11. The molecule has 7 nitrogen and oxygen atoms in total. The molecule has 2 rings (SSSR count). The number of amides is 2. The van der Waals surface area contributed by atoms with Gasteiger partial charge < -0.3 is 14.8 Å². The first-order valence-corrected chi connectivity index (χ1v) is 8.16. The van der Waals surface area contributed by atoms with Crippen molar-refractivity contribution < 1.29 is 19.1 Å². The maximum absolute atomic E-state index is 11.9. The highest BCUT2D eigenvalue weighted by atomic mass is 16.6. The van der Waals surface area contributed by atoms with Crippen LogP contribution in [0.4, 0.5) is 16.2 Å². The van der Waals surface area contributed by atoms with Gasteiger partial charge in [-0.1, -0.05) is 0 Å². The minimum Gasteiger partial charge on any atom is -0.484 e. The summed E-state index contributed by atoms with van der Waals surface area (Å²) in [6.45, 7) is 7.08. The molecule has 2 amide bonds. The van der Waals surface area contributed by atoms with E-state index in [-0.39, 0.29) is 12.5 Å². The fraction of sp³-hybridized carbons (Fsp3) is 0.316. The van der Waals surface area contributed by atoms with Gasteiger partial charge in [0.05, 0.1) is 0 Å². The van der Waals surface area contributed by atoms with Crippen LogP contribution >= 0.6 is 0 Å². The molecule has 2 N–H and O–H groups in total. The van der Waals surface area contributed by atoms with Crippen LogP contribution in [0.25, 0.3) is 0 Å². The number of pyridine rings is 1. The van der Waals surface area contributed by atoms with Crippen molar-refractivity contribution in [2.24, 2.45) is 0 Å². The lowest BCUT2D eigenvalue weighted by Crippen LogP contribution is -2.27. The van der Waals surface area contributed by atoms with E-state index in [1.807, 2.05) is 6.92 Å². The third-order valence-corrected chi connectivity index (χ3v) is 3.03. The van der Waals surface area contributed by atoms with E-state index in [2.05, 4.69) is 15.6 Å². The van der Waals surface area contributed by atoms with Gasteiger partial charge in [0.25, 0.3) is 5.91 Å². The van der Waals surface area contributed by atoms with Crippen LogP contribution < -0.4 is 15.4 Å². The smallest absolute Gasteiger partial charge is 0.412 e. The summed E-state index contributed by atoms with van der Waals surface area (Å²) in [6, 6.07) is 8.57. The number of nitrogens with one attached hydrogen (secondary N) is 2. The lowest BCUT2D eigenvalue weighted by atomic mass is 10.2. The van der Waals surface area contributed by atoms with Crippen molar-refractivity contribution >= 4 is 23.4 Å². The van der Waals surface area contributed by atoms with Gasteiger partial charge in [-0.2, -0.15) is 0 Å². The van der Waals surface area contributed by atoms with E-state index in [1.165, 1.54) is 0 Å². The Morgan fingerprint density at radius 2 is 1.73 bits per heavy atom. The van der Waals surface area contributed by atoms with Gasteiger partial charge in [0, 0.05) is 29.8 Å². The van der Waals surface area contributed by atoms with Crippen LogP contribution in [0.5, 0.6) is 5.75 Å². The first-order chi connectivity index (χ1) is 12.2. The summed E-state index contributed by atoms with van der Waals surface area (Å²) in [7, 11) is 0. The molecule has 0 spiro atoms. The molecular formula is C19H23N3O4. The van der Waals surface area contributed by atoms with E-state index in [0.717, 1.165) is 5.56 Å². The molecule has 0 atom stereocenters. The Balaban J connectivity index is 1.94. The van der Waals surface area contributed by atoms with E-state index in [1.54, 1.807) is 63.5 Å². The second kappa shape index (κ2) is 8.33. The Morgan fingerprint density at radius 1 is 1.04 bits per heavy atom. The summed E-state index contributed by atoms with van der Waals surface area (Å²) in [5.41, 5.74) is 1.47. The number of hydrogen-bond donors (Lipinski definition) is 2. The summed E-state index contributed by atoms with van der Waals surface area (Å²) in [5.74, 6) is 0.181. The molecule has 1 aromatic heterocycles. The molecule has 0 bridgehead atoms. The standard InChI is InChI=1S/C19H23N3O4/c1-13-9-15(22-18(24)26-19(2,3)4)11-16(10-13)25-12-17(23)21-14-5-7-20-8-6-14/h5-11H,12H2,1-4H3,(H,22,24)(H,20,21,23). The number of ether oxygens (including phenoxy) is 2. The Kier molecular flexibility index (Phi) is 6.16. The second-order valence-electron chi connectivity index (χ2n) is 6.73. The second-order valence-corrected chi connectivity index (χ2v) is 6.73. The normalized spacial score (nSPS) is 10.8. The molecular weight excluding hydrogens is 334 g/mol. The molecule has 1 aromatic carbocycles. The fourth-order valence-electron chi connectivity index (χ4n) is 2.11. The van der Waals surface area contributed by atoms with Crippen molar-refractivity contribution in [3.63, 3.8) is 0 Å². The Morgan fingerprint density at radius 3 is 2.38 bits per heavy atom. The predicted octanol–water partition coefficient (Wildman–Crippen LogP) is 3.75. The number of carbonyl (C=O) groups is 2. The van der Waals surface area contributed by atoms with Crippen LogP contribution in [0, 0.1) is 6.92 Å². The average Bonchev–Trinajstić information content (AvgIpc) is 2.51. The highest BCUT2D eigenvalue weighted by Gasteiger charge is 2.16. The number of aromatic nitrogens is 1.